The van der Waals surface area contributed by atoms with Gasteiger partial charge in [-0.25, -0.2) is 9.48 Å². The predicted molar refractivity (Wildman–Crippen MR) is 129 cm³/mol. The molecule has 32 heavy (non-hydrogen) atoms. The molecule has 2 heterocycles. The number of hydrogen-bond donors (Lipinski definition) is 1. The Morgan fingerprint density at radius 3 is 2.75 bits per heavy atom. The van der Waals surface area contributed by atoms with Gasteiger partial charge in [0.05, 0.1) is 30.4 Å². The van der Waals surface area contributed by atoms with Gasteiger partial charge in [0, 0.05) is 5.70 Å². The highest BCUT2D eigenvalue weighted by molar-refractivity contribution is 9.10. The minimum absolute atomic E-state index is 0.371. The molecule has 0 radical (unpaired) electrons. The van der Waals surface area contributed by atoms with Crippen molar-refractivity contribution in [2.75, 3.05) is 31.4 Å². The summed E-state index contributed by atoms with van der Waals surface area (Å²) in [5.41, 5.74) is 1.98. The molecule has 1 aliphatic rings. The number of rotatable bonds is 10. The molecule has 0 amide bonds. The number of thioether (sulfide) groups is 1. The second-order valence-corrected chi connectivity index (χ2v) is 9.20. The third kappa shape index (κ3) is 5.06. The number of ether oxygens (including phenoxy) is 3. The molecule has 3 rings (SSSR count). The van der Waals surface area contributed by atoms with Crippen LogP contribution in [0.15, 0.2) is 33.0 Å². The number of aromatic nitrogens is 3. The molecule has 1 N–H and O–H groups in total. The Bertz CT molecular complexity index is 1010. The van der Waals surface area contributed by atoms with Crippen LogP contribution in [0.4, 0.5) is 5.95 Å². The van der Waals surface area contributed by atoms with Crippen molar-refractivity contribution >= 4 is 39.6 Å². The van der Waals surface area contributed by atoms with Crippen molar-refractivity contribution in [1.82, 2.24) is 14.8 Å². The van der Waals surface area contributed by atoms with Gasteiger partial charge in [-0.3, -0.25) is 0 Å². The van der Waals surface area contributed by atoms with E-state index >= 15 is 0 Å². The first-order chi connectivity index (χ1) is 15.4. The Morgan fingerprint density at radius 2 is 2.09 bits per heavy atom. The second-order valence-electron chi connectivity index (χ2n) is 7.12. The van der Waals surface area contributed by atoms with Crippen LogP contribution in [0.1, 0.15) is 52.1 Å². The number of fused-ring (bicyclic) bond motifs is 1. The molecule has 0 bridgehead atoms. The van der Waals surface area contributed by atoms with Crippen LogP contribution in [0.3, 0.4) is 0 Å². The number of allylic oxidation sites excluding steroid dienone is 1. The van der Waals surface area contributed by atoms with Crippen LogP contribution < -0.4 is 14.8 Å². The Hall–Kier alpha value is -2.20. The lowest BCUT2D eigenvalue weighted by Gasteiger charge is -2.28. The summed E-state index contributed by atoms with van der Waals surface area (Å²) in [6.45, 7) is 8.75. The second kappa shape index (κ2) is 11.1. The summed E-state index contributed by atoms with van der Waals surface area (Å²) >= 11 is 5.14. The van der Waals surface area contributed by atoms with Crippen molar-refractivity contribution in [3.8, 4) is 11.5 Å². The predicted octanol–water partition coefficient (Wildman–Crippen LogP) is 5.19. The number of carbonyl (C=O) groups excluding carboxylic acids is 1. The molecule has 0 saturated carbocycles. The van der Waals surface area contributed by atoms with Gasteiger partial charge >= 0.3 is 5.97 Å². The summed E-state index contributed by atoms with van der Waals surface area (Å²) in [6, 6.07) is 3.27. The third-order valence-corrected chi connectivity index (χ3v) is 6.22. The zero-order valence-corrected chi connectivity index (χ0v) is 21.4. The van der Waals surface area contributed by atoms with Crippen molar-refractivity contribution < 1.29 is 19.0 Å². The Balaban J connectivity index is 2.13. The van der Waals surface area contributed by atoms with Crippen LogP contribution in [0.2, 0.25) is 0 Å². The van der Waals surface area contributed by atoms with Gasteiger partial charge in [-0.05, 0) is 59.6 Å². The van der Waals surface area contributed by atoms with Gasteiger partial charge in [0.2, 0.25) is 11.1 Å². The summed E-state index contributed by atoms with van der Waals surface area (Å²) in [6.07, 6.45) is 1.76. The van der Waals surface area contributed by atoms with E-state index in [1.54, 1.807) is 23.6 Å². The smallest absolute Gasteiger partial charge is 0.338 e. The van der Waals surface area contributed by atoms with E-state index in [1.807, 2.05) is 32.9 Å². The Kier molecular flexibility index (Phi) is 8.47. The lowest BCUT2D eigenvalue weighted by atomic mass is 9.95. The summed E-state index contributed by atoms with van der Waals surface area (Å²) in [4.78, 5) is 17.8. The molecule has 0 spiro atoms. The number of halogens is 1. The monoisotopic (exact) mass is 524 g/mol. The molecule has 174 valence electrons. The minimum Gasteiger partial charge on any atom is -0.493 e. The first-order valence-electron chi connectivity index (χ1n) is 10.7. The number of hydrogen-bond acceptors (Lipinski definition) is 8. The van der Waals surface area contributed by atoms with E-state index in [-0.39, 0.29) is 5.97 Å². The molecule has 1 aromatic heterocycles. The van der Waals surface area contributed by atoms with Gasteiger partial charge in [-0.1, -0.05) is 32.0 Å². The Labute approximate surface area is 201 Å². The third-order valence-electron chi connectivity index (χ3n) is 4.91. The van der Waals surface area contributed by atoms with Crippen LogP contribution in [-0.4, -0.2) is 46.8 Å². The maximum Gasteiger partial charge on any atom is 0.338 e. The number of anilines is 1. The van der Waals surface area contributed by atoms with Crippen molar-refractivity contribution in [1.29, 1.82) is 0 Å². The fraction of sp³-hybridized carbons (Fsp3) is 0.500. The summed E-state index contributed by atoms with van der Waals surface area (Å²) in [5, 5.41) is 8.55. The average Bonchev–Trinajstić information content (AvgIpc) is 3.16. The highest BCUT2D eigenvalue weighted by Crippen LogP contribution is 2.43. The highest BCUT2D eigenvalue weighted by atomic mass is 79.9. The first kappa shape index (κ1) is 24.4. The van der Waals surface area contributed by atoms with Crippen molar-refractivity contribution in [2.45, 2.75) is 51.7 Å². The molecule has 0 saturated heterocycles. The maximum atomic E-state index is 13.2. The van der Waals surface area contributed by atoms with Crippen molar-refractivity contribution in [2.24, 2.45) is 0 Å². The zero-order chi connectivity index (χ0) is 23.3. The van der Waals surface area contributed by atoms with E-state index in [2.05, 4.69) is 38.3 Å². The van der Waals surface area contributed by atoms with E-state index < -0.39 is 6.04 Å². The molecule has 0 aliphatic carbocycles. The van der Waals surface area contributed by atoms with Crippen LogP contribution in [0, 0.1) is 0 Å². The molecular weight excluding hydrogens is 496 g/mol. The number of carbonyl (C=O) groups is 1. The molecule has 2 aromatic rings. The van der Waals surface area contributed by atoms with Gasteiger partial charge in [-0.15, -0.1) is 5.10 Å². The Morgan fingerprint density at radius 1 is 1.31 bits per heavy atom. The van der Waals surface area contributed by atoms with E-state index in [0.29, 0.717) is 47.1 Å². The molecule has 1 aromatic carbocycles. The highest BCUT2D eigenvalue weighted by Gasteiger charge is 2.36. The number of methoxy groups -OCH3 is 1. The summed E-state index contributed by atoms with van der Waals surface area (Å²) in [7, 11) is 1.59. The van der Waals surface area contributed by atoms with Crippen molar-refractivity contribution in [3.05, 3.63) is 33.4 Å². The largest absolute Gasteiger partial charge is 0.493 e. The lowest BCUT2D eigenvalue weighted by Crippen LogP contribution is -2.30. The standard InChI is InChI=1S/C22H29BrN4O4S/c1-6-9-10-31-20(28)17-13(4)24-21-25-22(32-8-3)26-27(21)18(17)14-11-15(23)19(30-7-2)16(12-14)29-5/h11-12,18H,6-10H2,1-5H3,(H,24,25,26). The number of nitrogens with zero attached hydrogens (tertiary/aromatic N) is 3. The fourth-order valence-electron chi connectivity index (χ4n) is 3.46. The number of benzene rings is 1. The molecule has 1 unspecified atom stereocenters. The zero-order valence-electron chi connectivity index (χ0n) is 19.0. The van der Waals surface area contributed by atoms with Gasteiger partial charge < -0.3 is 19.5 Å². The lowest BCUT2D eigenvalue weighted by molar-refractivity contribution is -0.139. The van der Waals surface area contributed by atoms with Crippen LogP contribution in [-0.2, 0) is 9.53 Å². The number of esters is 1. The van der Waals surface area contributed by atoms with Gasteiger partial charge in [0.1, 0.15) is 6.04 Å². The summed E-state index contributed by atoms with van der Waals surface area (Å²) in [5.74, 6) is 2.23. The van der Waals surface area contributed by atoms with Crippen LogP contribution in [0.5, 0.6) is 11.5 Å². The van der Waals surface area contributed by atoms with Crippen molar-refractivity contribution in [3.63, 3.8) is 0 Å². The summed E-state index contributed by atoms with van der Waals surface area (Å²) < 4.78 is 19.4. The molecule has 1 atom stereocenters. The molecule has 10 heteroatoms. The fourth-order valence-corrected chi connectivity index (χ4v) is 4.59. The molecule has 0 fully saturated rings. The van der Waals surface area contributed by atoms with E-state index in [9.17, 15) is 4.79 Å². The topological polar surface area (TPSA) is 87.5 Å². The van der Waals surface area contributed by atoms with Crippen LogP contribution in [0.25, 0.3) is 0 Å². The van der Waals surface area contributed by atoms with Gasteiger partial charge in [0.25, 0.3) is 0 Å². The van der Waals surface area contributed by atoms with Gasteiger partial charge in [0.15, 0.2) is 11.5 Å². The SMILES string of the molecule is CCCCOC(=O)C1=C(C)Nc2nc(SCC)nn2C1c1cc(Br)c(OCC)c(OC)c1. The first-order valence-corrected chi connectivity index (χ1v) is 12.5. The maximum absolute atomic E-state index is 13.2. The number of nitrogens with one attached hydrogen (secondary N) is 1. The van der Waals surface area contributed by atoms with E-state index in [0.717, 1.165) is 28.6 Å². The molecule has 8 nitrogen and oxygen atoms in total. The normalized spacial score (nSPS) is 15.2. The molecule has 1 aliphatic heterocycles. The minimum atomic E-state index is -0.528. The van der Waals surface area contributed by atoms with Gasteiger partial charge in [-0.2, -0.15) is 4.98 Å². The average molecular weight is 525 g/mol. The van der Waals surface area contributed by atoms with E-state index in [1.165, 1.54) is 0 Å². The van der Waals surface area contributed by atoms with E-state index in [4.69, 9.17) is 14.2 Å². The van der Waals surface area contributed by atoms with Crippen LogP contribution >= 0.6 is 27.7 Å². The number of unbranched alkanes of at least 4 members (excludes halogenated alkanes) is 1. The molecular formula is C22H29BrN4O4S. The quantitative estimate of drug-likeness (QED) is 0.258.